The molecule has 2 aliphatic heterocycles. The zero-order chi connectivity index (χ0) is 25.4. The summed E-state index contributed by atoms with van der Waals surface area (Å²) in [5, 5.41) is 0. The number of aromatic nitrogens is 5. The molecule has 0 aliphatic carbocycles. The van der Waals surface area contributed by atoms with Gasteiger partial charge in [0, 0.05) is 63.4 Å². The van der Waals surface area contributed by atoms with E-state index in [0.717, 1.165) is 24.5 Å². The highest BCUT2D eigenvalue weighted by Crippen LogP contribution is 2.30. The highest BCUT2D eigenvalue weighted by atomic mass is 16.5. The number of amides is 1. The van der Waals surface area contributed by atoms with Gasteiger partial charge in [-0.25, -0.2) is 24.9 Å². The SMILES string of the molecule is CN1CCN(C(=O)c2ccc(-c3cnc4c(N5CCOCC5)nc(-c5cnc(N)nc5)nc4c3)o2)CC1. The maximum absolute atomic E-state index is 12.9. The number of pyridine rings is 1. The van der Waals surface area contributed by atoms with Crippen LogP contribution in [0.25, 0.3) is 33.7 Å². The van der Waals surface area contributed by atoms with Crippen LogP contribution in [0.4, 0.5) is 11.8 Å². The summed E-state index contributed by atoms with van der Waals surface area (Å²) in [5.41, 5.74) is 8.35. The van der Waals surface area contributed by atoms with E-state index in [9.17, 15) is 4.79 Å². The van der Waals surface area contributed by atoms with Crippen LogP contribution in [-0.4, -0.2) is 100 Å². The predicted molar refractivity (Wildman–Crippen MR) is 137 cm³/mol. The van der Waals surface area contributed by atoms with E-state index in [1.165, 1.54) is 0 Å². The van der Waals surface area contributed by atoms with Crippen molar-refractivity contribution < 1.29 is 13.9 Å². The van der Waals surface area contributed by atoms with Gasteiger partial charge in [0.05, 0.1) is 24.3 Å². The Kier molecular flexibility index (Phi) is 6.10. The maximum atomic E-state index is 12.9. The number of anilines is 2. The molecule has 0 radical (unpaired) electrons. The molecule has 6 rings (SSSR count). The lowest BCUT2D eigenvalue weighted by Crippen LogP contribution is -2.47. The van der Waals surface area contributed by atoms with Crippen LogP contribution in [0, 0.1) is 0 Å². The lowest BCUT2D eigenvalue weighted by atomic mass is 10.2. The van der Waals surface area contributed by atoms with Crippen LogP contribution in [0.15, 0.2) is 41.2 Å². The lowest BCUT2D eigenvalue weighted by molar-refractivity contribution is 0.0633. The van der Waals surface area contributed by atoms with E-state index in [4.69, 9.17) is 29.8 Å². The van der Waals surface area contributed by atoms with Crippen molar-refractivity contribution in [3.8, 4) is 22.7 Å². The van der Waals surface area contributed by atoms with Gasteiger partial charge in [0.1, 0.15) is 11.3 Å². The third-order valence-electron chi connectivity index (χ3n) is 6.65. The van der Waals surface area contributed by atoms with E-state index in [-0.39, 0.29) is 11.9 Å². The topological polar surface area (TPSA) is 140 Å². The molecule has 0 spiro atoms. The van der Waals surface area contributed by atoms with Crippen molar-refractivity contribution in [2.45, 2.75) is 0 Å². The fourth-order valence-corrected chi connectivity index (χ4v) is 4.49. The van der Waals surface area contributed by atoms with Crippen LogP contribution in [0.3, 0.4) is 0 Å². The van der Waals surface area contributed by atoms with Crippen molar-refractivity contribution >= 4 is 28.7 Å². The summed E-state index contributed by atoms with van der Waals surface area (Å²) in [6, 6.07) is 5.42. The van der Waals surface area contributed by atoms with E-state index in [1.54, 1.807) is 30.7 Å². The fourth-order valence-electron chi connectivity index (χ4n) is 4.49. The van der Waals surface area contributed by atoms with Crippen molar-refractivity contribution in [3.63, 3.8) is 0 Å². The Balaban J connectivity index is 1.37. The number of hydrogen-bond donors (Lipinski definition) is 1. The summed E-state index contributed by atoms with van der Waals surface area (Å²) in [4.78, 5) is 41.6. The number of morpholine rings is 1. The summed E-state index contributed by atoms with van der Waals surface area (Å²) in [7, 11) is 2.05. The van der Waals surface area contributed by atoms with Gasteiger partial charge in [0.25, 0.3) is 5.91 Å². The van der Waals surface area contributed by atoms with Gasteiger partial charge in [0.2, 0.25) is 5.95 Å². The van der Waals surface area contributed by atoms with Crippen molar-refractivity contribution in [1.82, 2.24) is 34.7 Å². The molecule has 2 saturated heterocycles. The van der Waals surface area contributed by atoms with E-state index in [0.29, 0.717) is 73.3 Å². The van der Waals surface area contributed by atoms with E-state index in [1.807, 2.05) is 11.0 Å². The van der Waals surface area contributed by atoms with Gasteiger partial charge in [0.15, 0.2) is 17.4 Å². The molecule has 0 aromatic carbocycles. The molecule has 6 heterocycles. The number of carbonyl (C=O) groups is 1. The number of ether oxygens (including phenoxy) is 1. The normalized spacial score (nSPS) is 16.9. The first-order valence-corrected chi connectivity index (χ1v) is 12.2. The van der Waals surface area contributed by atoms with Crippen LogP contribution in [-0.2, 0) is 4.74 Å². The molecule has 4 aromatic heterocycles. The number of carbonyl (C=O) groups excluding carboxylic acids is 1. The quantitative estimate of drug-likeness (QED) is 0.435. The van der Waals surface area contributed by atoms with E-state index >= 15 is 0 Å². The van der Waals surface area contributed by atoms with Crippen LogP contribution in [0.1, 0.15) is 10.6 Å². The third kappa shape index (κ3) is 4.68. The number of furan rings is 1. The zero-order valence-corrected chi connectivity index (χ0v) is 20.5. The van der Waals surface area contributed by atoms with Gasteiger partial charge in [-0.05, 0) is 25.2 Å². The van der Waals surface area contributed by atoms with Gasteiger partial charge in [-0.15, -0.1) is 0 Å². The molecule has 4 aromatic rings. The number of nitrogens with two attached hydrogens (primary N) is 1. The Bertz CT molecular complexity index is 1430. The second-order valence-corrected chi connectivity index (χ2v) is 9.15. The molecule has 2 fully saturated rings. The smallest absolute Gasteiger partial charge is 0.289 e. The Hall–Kier alpha value is -4.16. The lowest BCUT2D eigenvalue weighted by Gasteiger charge is -2.31. The monoisotopic (exact) mass is 501 g/mol. The van der Waals surface area contributed by atoms with E-state index < -0.39 is 0 Å². The number of piperazine rings is 1. The fraction of sp³-hybridized carbons (Fsp3) is 0.360. The number of likely N-dealkylation sites (N-methyl/N-ethyl adjacent to an activating group) is 1. The largest absolute Gasteiger partial charge is 0.451 e. The Morgan fingerprint density at radius 3 is 2.41 bits per heavy atom. The molecular formula is C25H27N9O3. The first kappa shape index (κ1) is 23.3. The van der Waals surface area contributed by atoms with Crippen LogP contribution >= 0.6 is 0 Å². The van der Waals surface area contributed by atoms with Gasteiger partial charge in [-0.1, -0.05) is 0 Å². The molecule has 2 aliphatic rings. The summed E-state index contributed by atoms with van der Waals surface area (Å²) < 4.78 is 11.5. The number of nitrogen functional groups attached to an aromatic ring is 1. The second-order valence-electron chi connectivity index (χ2n) is 9.15. The zero-order valence-electron chi connectivity index (χ0n) is 20.5. The standard InChI is InChI=1S/C25H27N9O3/c1-32-4-6-34(7-5-32)24(35)20-3-2-19(37-20)16-12-18-21(27-13-16)23(33-8-10-36-11-9-33)31-22(30-18)17-14-28-25(26)29-15-17/h2-3,12-15H,4-11H2,1H3,(H2,26,28,29). The summed E-state index contributed by atoms with van der Waals surface area (Å²) >= 11 is 0. The molecular weight excluding hydrogens is 474 g/mol. The van der Waals surface area contributed by atoms with Crippen LogP contribution in [0.2, 0.25) is 0 Å². The Labute approximate surface area is 213 Å². The molecule has 0 atom stereocenters. The molecule has 1 amide bonds. The van der Waals surface area contributed by atoms with Crippen molar-refractivity contribution in [2.24, 2.45) is 0 Å². The predicted octanol–water partition coefficient (Wildman–Crippen LogP) is 1.55. The van der Waals surface area contributed by atoms with Gasteiger partial charge in [-0.2, -0.15) is 0 Å². The average Bonchev–Trinajstić information content (AvgIpc) is 3.43. The average molecular weight is 502 g/mol. The molecule has 190 valence electrons. The van der Waals surface area contributed by atoms with E-state index in [2.05, 4.69) is 26.8 Å². The molecule has 2 N–H and O–H groups in total. The molecule has 0 saturated carbocycles. The van der Waals surface area contributed by atoms with Gasteiger partial charge in [-0.3, -0.25) is 4.79 Å². The van der Waals surface area contributed by atoms with Gasteiger partial charge >= 0.3 is 0 Å². The van der Waals surface area contributed by atoms with Crippen LogP contribution in [0.5, 0.6) is 0 Å². The molecule has 37 heavy (non-hydrogen) atoms. The van der Waals surface area contributed by atoms with Gasteiger partial charge < -0.3 is 29.6 Å². The molecule has 12 nitrogen and oxygen atoms in total. The molecule has 0 bridgehead atoms. The minimum absolute atomic E-state index is 0.101. The maximum Gasteiger partial charge on any atom is 0.289 e. The Morgan fingerprint density at radius 1 is 0.919 bits per heavy atom. The summed E-state index contributed by atoms with van der Waals surface area (Å²) in [5.74, 6) is 2.14. The molecule has 0 unspecified atom stereocenters. The first-order valence-electron chi connectivity index (χ1n) is 12.2. The summed E-state index contributed by atoms with van der Waals surface area (Å²) in [6.07, 6.45) is 4.93. The van der Waals surface area contributed by atoms with Crippen LogP contribution < -0.4 is 10.6 Å². The number of rotatable bonds is 4. The summed E-state index contributed by atoms with van der Waals surface area (Å²) in [6.45, 7) is 5.68. The third-order valence-corrected chi connectivity index (χ3v) is 6.65. The minimum atomic E-state index is -0.101. The van der Waals surface area contributed by atoms with Crippen molar-refractivity contribution in [2.75, 3.05) is 70.2 Å². The van der Waals surface area contributed by atoms with Crippen molar-refractivity contribution in [1.29, 1.82) is 0 Å². The number of nitrogens with zero attached hydrogens (tertiary/aromatic N) is 8. The number of hydrogen-bond acceptors (Lipinski definition) is 11. The van der Waals surface area contributed by atoms with Crippen molar-refractivity contribution in [3.05, 3.63) is 42.5 Å². The number of fused-ring (bicyclic) bond motifs is 1. The highest BCUT2D eigenvalue weighted by molar-refractivity contribution is 5.93. The Morgan fingerprint density at radius 2 is 1.65 bits per heavy atom. The molecule has 12 heteroatoms. The highest BCUT2D eigenvalue weighted by Gasteiger charge is 2.24. The first-order chi connectivity index (χ1) is 18.0. The minimum Gasteiger partial charge on any atom is -0.451 e. The second kappa shape index (κ2) is 9.71.